The van der Waals surface area contributed by atoms with Gasteiger partial charge < -0.3 is 5.11 Å². The summed E-state index contributed by atoms with van der Waals surface area (Å²) in [7, 11) is 0. The highest BCUT2D eigenvalue weighted by atomic mass is 16.4. The molecule has 2 rings (SSSR count). The number of carboxylic acid groups (broad SMARTS) is 1. The second-order valence-electron chi connectivity index (χ2n) is 5.85. The van der Waals surface area contributed by atoms with E-state index in [1.807, 2.05) is 0 Å². The minimum Gasteiger partial charge on any atom is -0.481 e. The van der Waals surface area contributed by atoms with Gasteiger partial charge in [-0.15, -0.1) is 0 Å². The molecule has 0 unspecified atom stereocenters. The van der Waals surface area contributed by atoms with E-state index in [1.54, 1.807) is 0 Å². The molecule has 1 fully saturated rings. The van der Waals surface area contributed by atoms with Crippen LogP contribution in [0.5, 0.6) is 0 Å². The van der Waals surface area contributed by atoms with Gasteiger partial charge in [-0.1, -0.05) is 12.5 Å². The van der Waals surface area contributed by atoms with E-state index in [-0.39, 0.29) is 0 Å². The second-order valence-corrected chi connectivity index (χ2v) is 5.85. The lowest BCUT2D eigenvalue weighted by Gasteiger charge is -2.38. The van der Waals surface area contributed by atoms with Crippen molar-refractivity contribution in [3.8, 4) is 0 Å². The van der Waals surface area contributed by atoms with Crippen LogP contribution >= 0.6 is 0 Å². The van der Waals surface area contributed by atoms with Crippen LogP contribution in [0.4, 0.5) is 0 Å². The molecule has 0 spiro atoms. The van der Waals surface area contributed by atoms with Crippen molar-refractivity contribution < 1.29 is 9.90 Å². The van der Waals surface area contributed by atoms with Gasteiger partial charge in [-0.05, 0) is 74.8 Å². The average molecular weight is 246 g/mol. The summed E-state index contributed by atoms with van der Waals surface area (Å²) in [5.74, 6) is -0.619. The molecule has 1 aromatic rings. The van der Waals surface area contributed by atoms with E-state index in [9.17, 15) is 9.90 Å². The molecule has 2 nitrogen and oxygen atoms in total. The van der Waals surface area contributed by atoms with E-state index in [4.69, 9.17) is 0 Å². The lowest BCUT2D eigenvalue weighted by molar-refractivity contribution is -0.154. The number of aryl methyl sites for hydroxylation is 2. The largest absolute Gasteiger partial charge is 0.481 e. The van der Waals surface area contributed by atoms with E-state index >= 15 is 0 Å². The van der Waals surface area contributed by atoms with Crippen LogP contribution in [-0.4, -0.2) is 11.1 Å². The monoisotopic (exact) mass is 246 g/mol. The Hall–Kier alpha value is -1.31. The van der Waals surface area contributed by atoms with Gasteiger partial charge in [0.15, 0.2) is 0 Å². The molecule has 0 radical (unpaired) electrons. The van der Waals surface area contributed by atoms with Gasteiger partial charge in [-0.3, -0.25) is 4.79 Å². The Kier molecular flexibility index (Phi) is 3.22. The molecule has 1 aliphatic carbocycles. The molecule has 0 aliphatic heterocycles. The average Bonchev–Trinajstić information content (AvgIpc) is 2.24. The fourth-order valence-electron chi connectivity index (χ4n) is 2.97. The molecule has 98 valence electrons. The summed E-state index contributed by atoms with van der Waals surface area (Å²) < 4.78 is 0. The number of carbonyl (C=O) groups is 1. The molecule has 1 saturated carbocycles. The topological polar surface area (TPSA) is 37.3 Å². The lowest BCUT2D eigenvalue weighted by Crippen LogP contribution is -2.40. The van der Waals surface area contributed by atoms with Crippen LogP contribution in [0.2, 0.25) is 0 Å². The zero-order chi connectivity index (χ0) is 13.5. The summed E-state index contributed by atoms with van der Waals surface area (Å²) in [5, 5.41) is 9.47. The first kappa shape index (κ1) is 13.1. The smallest absolute Gasteiger partial charge is 0.309 e. The van der Waals surface area contributed by atoms with Crippen LogP contribution in [0.25, 0.3) is 0 Å². The third kappa shape index (κ3) is 1.94. The summed E-state index contributed by atoms with van der Waals surface area (Å²) in [4.78, 5) is 11.5. The van der Waals surface area contributed by atoms with Crippen molar-refractivity contribution >= 4 is 5.97 Å². The first-order chi connectivity index (χ1) is 8.37. The maximum atomic E-state index is 11.5. The van der Waals surface area contributed by atoms with Crippen molar-refractivity contribution in [3.05, 3.63) is 33.9 Å². The van der Waals surface area contributed by atoms with Crippen molar-refractivity contribution in [1.82, 2.24) is 0 Å². The van der Waals surface area contributed by atoms with E-state index < -0.39 is 11.4 Å². The summed E-state index contributed by atoms with van der Waals surface area (Å²) in [6.07, 6.45) is 3.40. The Morgan fingerprint density at radius 2 is 1.67 bits per heavy atom. The number of carboxylic acids is 1. The Morgan fingerprint density at radius 3 is 2.00 bits per heavy atom. The Morgan fingerprint density at radius 1 is 1.17 bits per heavy atom. The van der Waals surface area contributed by atoms with Crippen molar-refractivity contribution in [3.63, 3.8) is 0 Å². The van der Waals surface area contributed by atoms with E-state index in [1.165, 1.54) is 27.8 Å². The highest BCUT2D eigenvalue weighted by molar-refractivity contribution is 5.76. The number of hydrogen-bond acceptors (Lipinski definition) is 1. The van der Waals surface area contributed by atoms with Gasteiger partial charge in [-0.2, -0.15) is 0 Å². The minimum absolute atomic E-state index is 0.490. The van der Waals surface area contributed by atoms with Crippen LogP contribution in [0.3, 0.4) is 0 Å². The molecule has 0 atom stereocenters. The third-order valence-electron chi connectivity index (χ3n) is 4.80. The van der Waals surface area contributed by atoms with Gasteiger partial charge in [-0.25, -0.2) is 0 Å². The van der Waals surface area contributed by atoms with Gasteiger partial charge in [0.05, 0.1) is 5.41 Å². The van der Waals surface area contributed by atoms with Gasteiger partial charge in [0.25, 0.3) is 0 Å². The molecule has 1 aliphatic rings. The molecule has 1 N–H and O–H groups in total. The van der Waals surface area contributed by atoms with E-state index in [0.29, 0.717) is 6.42 Å². The molecule has 0 heterocycles. The summed E-state index contributed by atoms with van der Waals surface area (Å²) >= 11 is 0. The van der Waals surface area contributed by atoms with Crippen LogP contribution in [-0.2, 0) is 11.2 Å². The van der Waals surface area contributed by atoms with Gasteiger partial charge in [0.1, 0.15) is 0 Å². The maximum absolute atomic E-state index is 11.5. The first-order valence-electron chi connectivity index (χ1n) is 6.67. The Bertz CT molecular complexity index is 470. The zero-order valence-corrected chi connectivity index (χ0v) is 11.8. The number of aliphatic carboxylic acids is 1. The van der Waals surface area contributed by atoms with Crippen molar-refractivity contribution in [2.45, 2.75) is 53.4 Å². The van der Waals surface area contributed by atoms with Crippen LogP contribution < -0.4 is 0 Å². The molecule has 0 saturated heterocycles. The Balaban J connectivity index is 2.43. The molecular formula is C16H22O2. The number of rotatable bonds is 3. The maximum Gasteiger partial charge on any atom is 0.309 e. The van der Waals surface area contributed by atoms with E-state index in [2.05, 4.69) is 33.8 Å². The first-order valence-corrected chi connectivity index (χ1v) is 6.67. The quantitative estimate of drug-likeness (QED) is 0.882. The SMILES string of the molecule is Cc1cc(C)c(C)c(CC2(C(=O)O)CCC2)c1C. The fourth-order valence-corrected chi connectivity index (χ4v) is 2.97. The van der Waals surface area contributed by atoms with Gasteiger partial charge in [0.2, 0.25) is 0 Å². The molecular weight excluding hydrogens is 224 g/mol. The lowest BCUT2D eigenvalue weighted by atomic mass is 9.64. The van der Waals surface area contributed by atoms with Crippen molar-refractivity contribution in [2.75, 3.05) is 0 Å². The number of hydrogen-bond donors (Lipinski definition) is 1. The summed E-state index contributed by atoms with van der Waals surface area (Å²) in [6, 6.07) is 2.20. The molecule has 2 heteroatoms. The van der Waals surface area contributed by atoms with Crippen molar-refractivity contribution in [2.24, 2.45) is 5.41 Å². The highest BCUT2D eigenvalue weighted by Gasteiger charge is 2.44. The minimum atomic E-state index is -0.619. The predicted molar refractivity (Wildman–Crippen MR) is 73.0 cm³/mol. The number of benzene rings is 1. The standard InChI is InChI=1S/C16H22O2/c1-10-8-11(2)13(4)14(12(10)3)9-16(15(17)18)6-5-7-16/h8H,5-7,9H2,1-4H3,(H,17,18). The molecule has 18 heavy (non-hydrogen) atoms. The molecule has 0 amide bonds. The Labute approximate surface area is 109 Å². The van der Waals surface area contributed by atoms with E-state index in [0.717, 1.165) is 19.3 Å². The molecule has 0 bridgehead atoms. The van der Waals surface area contributed by atoms with Crippen molar-refractivity contribution in [1.29, 1.82) is 0 Å². The normalized spacial score (nSPS) is 17.3. The molecule has 0 aromatic heterocycles. The van der Waals surface area contributed by atoms with Gasteiger partial charge >= 0.3 is 5.97 Å². The predicted octanol–water partition coefficient (Wildman–Crippen LogP) is 3.72. The third-order valence-corrected chi connectivity index (χ3v) is 4.80. The molecule has 1 aromatic carbocycles. The highest BCUT2D eigenvalue weighted by Crippen LogP contribution is 2.45. The zero-order valence-electron chi connectivity index (χ0n) is 11.8. The van der Waals surface area contributed by atoms with Gasteiger partial charge in [0, 0.05) is 0 Å². The second kappa shape index (κ2) is 4.42. The fraction of sp³-hybridized carbons (Fsp3) is 0.562. The summed E-state index contributed by atoms with van der Waals surface area (Å²) in [6.45, 7) is 8.45. The van der Waals surface area contributed by atoms with Crippen LogP contribution in [0, 0.1) is 33.1 Å². The summed E-state index contributed by atoms with van der Waals surface area (Å²) in [5.41, 5.74) is 5.85. The van der Waals surface area contributed by atoms with Crippen LogP contribution in [0.15, 0.2) is 6.07 Å². The van der Waals surface area contributed by atoms with Crippen LogP contribution in [0.1, 0.15) is 47.1 Å².